The Hall–Kier alpha value is -1.37. The SMILES string of the molecule is O=C=N/C=C/c1ccc(Cl)cc1. The standard InChI is InChI=1S/C9H6ClNO/c10-9-3-1-8(2-4-9)5-6-11-7-12/h1-6H/b6-5+. The topological polar surface area (TPSA) is 29.4 Å². The van der Waals surface area contributed by atoms with Crippen molar-refractivity contribution in [3.63, 3.8) is 0 Å². The van der Waals surface area contributed by atoms with Gasteiger partial charge in [-0.1, -0.05) is 23.7 Å². The predicted molar refractivity (Wildman–Crippen MR) is 48.6 cm³/mol. The molecule has 1 aromatic carbocycles. The first-order valence-corrected chi connectivity index (χ1v) is 3.70. The molecule has 0 spiro atoms. The normalized spacial score (nSPS) is 9.75. The van der Waals surface area contributed by atoms with Gasteiger partial charge in [0, 0.05) is 11.2 Å². The molecule has 0 N–H and O–H groups in total. The molecule has 0 amide bonds. The van der Waals surface area contributed by atoms with Crippen LogP contribution in [0.25, 0.3) is 6.08 Å². The van der Waals surface area contributed by atoms with E-state index >= 15 is 0 Å². The fourth-order valence-corrected chi connectivity index (χ4v) is 0.854. The lowest BCUT2D eigenvalue weighted by atomic mass is 10.2. The maximum Gasteiger partial charge on any atom is 0.239 e. The number of hydrogen-bond acceptors (Lipinski definition) is 2. The Labute approximate surface area is 75.2 Å². The Morgan fingerprint density at radius 3 is 2.58 bits per heavy atom. The van der Waals surface area contributed by atoms with Crippen LogP contribution >= 0.6 is 11.6 Å². The first-order valence-electron chi connectivity index (χ1n) is 3.32. The first-order chi connectivity index (χ1) is 5.83. The summed E-state index contributed by atoms with van der Waals surface area (Å²) in [4.78, 5) is 13.0. The molecule has 0 atom stereocenters. The maximum atomic E-state index is 9.69. The summed E-state index contributed by atoms with van der Waals surface area (Å²) in [5.41, 5.74) is 0.943. The smallest absolute Gasteiger partial charge is 0.211 e. The van der Waals surface area contributed by atoms with Crippen LogP contribution in [0, 0.1) is 0 Å². The molecular weight excluding hydrogens is 174 g/mol. The number of nitrogens with zero attached hydrogens (tertiary/aromatic N) is 1. The van der Waals surface area contributed by atoms with Gasteiger partial charge < -0.3 is 0 Å². The zero-order valence-corrected chi connectivity index (χ0v) is 6.95. The Kier molecular flexibility index (Phi) is 3.27. The molecule has 0 aliphatic rings. The highest BCUT2D eigenvalue weighted by atomic mass is 35.5. The number of aliphatic imine (C=N–C) groups is 1. The molecule has 0 heterocycles. The van der Waals surface area contributed by atoms with Crippen molar-refractivity contribution >= 4 is 23.8 Å². The summed E-state index contributed by atoms with van der Waals surface area (Å²) in [7, 11) is 0. The van der Waals surface area contributed by atoms with Crippen LogP contribution in [-0.4, -0.2) is 6.08 Å². The summed E-state index contributed by atoms with van der Waals surface area (Å²) >= 11 is 5.66. The van der Waals surface area contributed by atoms with Crippen molar-refractivity contribution in [3.8, 4) is 0 Å². The van der Waals surface area contributed by atoms with Gasteiger partial charge in [-0.05, 0) is 23.8 Å². The monoisotopic (exact) mass is 179 g/mol. The van der Waals surface area contributed by atoms with E-state index < -0.39 is 0 Å². The molecule has 60 valence electrons. The highest BCUT2D eigenvalue weighted by Gasteiger charge is 1.85. The second-order valence-electron chi connectivity index (χ2n) is 2.09. The molecule has 0 unspecified atom stereocenters. The van der Waals surface area contributed by atoms with Crippen LogP contribution in [0.15, 0.2) is 35.5 Å². The summed E-state index contributed by atoms with van der Waals surface area (Å²) in [6.07, 6.45) is 4.49. The minimum atomic E-state index is 0.686. The molecule has 0 bridgehead atoms. The Morgan fingerprint density at radius 1 is 1.33 bits per heavy atom. The number of hydrogen-bond donors (Lipinski definition) is 0. The van der Waals surface area contributed by atoms with E-state index in [-0.39, 0.29) is 0 Å². The lowest BCUT2D eigenvalue weighted by Crippen LogP contribution is -1.68. The van der Waals surface area contributed by atoms with E-state index in [2.05, 4.69) is 4.99 Å². The van der Waals surface area contributed by atoms with E-state index in [9.17, 15) is 4.79 Å². The molecule has 0 aromatic heterocycles. The van der Waals surface area contributed by atoms with Gasteiger partial charge in [0.05, 0.1) is 0 Å². The van der Waals surface area contributed by atoms with Crippen LogP contribution in [0.2, 0.25) is 5.02 Å². The van der Waals surface area contributed by atoms with Crippen LogP contribution < -0.4 is 0 Å². The number of halogens is 1. The van der Waals surface area contributed by atoms with Crippen LogP contribution in [0.5, 0.6) is 0 Å². The third kappa shape index (κ3) is 2.70. The Bertz CT molecular complexity index is 323. The number of benzene rings is 1. The van der Waals surface area contributed by atoms with E-state index in [0.717, 1.165) is 5.56 Å². The molecule has 1 aromatic rings. The molecule has 1 rings (SSSR count). The molecule has 2 nitrogen and oxygen atoms in total. The second-order valence-corrected chi connectivity index (χ2v) is 2.52. The minimum Gasteiger partial charge on any atom is -0.211 e. The Balaban J connectivity index is 2.77. The van der Waals surface area contributed by atoms with E-state index in [1.54, 1.807) is 18.2 Å². The number of isocyanates is 1. The number of rotatable bonds is 2. The van der Waals surface area contributed by atoms with Gasteiger partial charge in [-0.2, -0.15) is 4.99 Å². The van der Waals surface area contributed by atoms with Gasteiger partial charge in [-0.25, -0.2) is 4.79 Å². The molecule has 12 heavy (non-hydrogen) atoms. The van der Waals surface area contributed by atoms with Crippen molar-refractivity contribution in [1.82, 2.24) is 0 Å². The van der Waals surface area contributed by atoms with Gasteiger partial charge in [0.1, 0.15) is 0 Å². The zero-order chi connectivity index (χ0) is 8.81. The van der Waals surface area contributed by atoms with Crippen molar-refractivity contribution in [1.29, 1.82) is 0 Å². The van der Waals surface area contributed by atoms with Gasteiger partial charge in [0.15, 0.2) is 0 Å². The lowest BCUT2D eigenvalue weighted by Gasteiger charge is -1.90. The summed E-state index contributed by atoms with van der Waals surface area (Å²) in [6, 6.07) is 7.20. The predicted octanol–water partition coefficient (Wildman–Crippen LogP) is 2.65. The van der Waals surface area contributed by atoms with E-state index in [0.29, 0.717) is 5.02 Å². The molecule has 3 heteroatoms. The average Bonchev–Trinajstić information content (AvgIpc) is 2.09. The van der Waals surface area contributed by atoms with E-state index in [1.807, 2.05) is 12.1 Å². The van der Waals surface area contributed by atoms with Crippen LogP contribution in [0.1, 0.15) is 5.56 Å². The third-order valence-corrected chi connectivity index (χ3v) is 1.52. The summed E-state index contributed by atoms with van der Waals surface area (Å²) < 4.78 is 0. The van der Waals surface area contributed by atoms with Crippen molar-refractivity contribution in [3.05, 3.63) is 41.1 Å². The van der Waals surface area contributed by atoms with Gasteiger partial charge in [-0.15, -0.1) is 0 Å². The maximum absolute atomic E-state index is 9.69. The van der Waals surface area contributed by atoms with Crippen molar-refractivity contribution in [2.24, 2.45) is 4.99 Å². The summed E-state index contributed by atoms with van der Waals surface area (Å²) in [5, 5.41) is 0.686. The molecule has 0 saturated carbocycles. The average molecular weight is 180 g/mol. The molecular formula is C9H6ClNO. The van der Waals surface area contributed by atoms with Crippen molar-refractivity contribution in [2.75, 3.05) is 0 Å². The Morgan fingerprint density at radius 2 is 2.00 bits per heavy atom. The summed E-state index contributed by atoms with van der Waals surface area (Å²) in [6.45, 7) is 0. The summed E-state index contributed by atoms with van der Waals surface area (Å²) in [5.74, 6) is 0. The number of carbonyl (C=O) groups excluding carboxylic acids is 1. The van der Waals surface area contributed by atoms with Gasteiger partial charge >= 0.3 is 0 Å². The quantitative estimate of drug-likeness (QED) is 0.507. The van der Waals surface area contributed by atoms with Crippen molar-refractivity contribution in [2.45, 2.75) is 0 Å². The fourth-order valence-electron chi connectivity index (χ4n) is 0.728. The lowest BCUT2D eigenvalue weighted by molar-refractivity contribution is 0.565. The second kappa shape index (κ2) is 4.50. The zero-order valence-electron chi connectivity index (χ0n) is 6.20. The highest BCUT2D eigenvalue weighted by molar-refractivity contribution is 6.30. The van der Waals surface area contributed by atoms with Crippen LogP contribution in [-0.2, 0) is 4.79 Å². The van der Waals surface area contributed by atoms with Crippen LogP contribution in [0.3, 0.4) is 0 Å². The van der Waals surface area contributed by atoms with Gasteiger partial charge in [0.2, 0.25) is 6.08 Å². The molecule has 0 radical (unpaired) electrons. The van der Waals surface area contributed by atoms with E-state index in [4.69, 9.17) is 11.6 Å². The molecule has 0 saturated heterocycles. The molecule has 0 aliphatic heterocycles. The van der Waals surface area contributed by atoms with Gasteiger partial charge in [0.25, 0.3) is 0 Å². The minimum absolute atomic E-state index is 0.686. The molecule has 0 aliphatic carbocycles. The van der Waals surface area contributed by atoms with Gasteiger partial charge in [-0.3, -0.25) is 0 Å². The largest absolute Gasteiger partial charge is 0.239 e. The third-order valence-electron chi connectivity index (χ3n) is 1.26. The first kappa shape index (κ1) is 8.72. The van der Waals surface area contributed by atoms with Crippen LogP contribution in [0.4, 0.5) is 0 Å². The highest BCUT2D eigenvalue weighted by Crippen LogP contribution is 2.10. The molecule has 0 fully saturated rings. The fraction of sp³-hybridized carbons (Fsp3) is 0. The van der Waals surface area contributed by atoms with E-state index in [1.165, 1.54) is 12.3 Å². The van der Waals surface area contributed by atoms with Crippen molar-refractivity contribution < 1.29 is 4.79 Å².